The average molecular weight is 169 g/mol. The molecule has 0 fully saturated rings. The molecule has 1 nitrogen and oxygen atoms in total. The van der Waals surface area contributed by atoms with Gasteiger partial charge in [0.1, 0.15) is 0 Å². The Morgan fingerprint density at radius 1 is 1.31 bits per heavy atom. The van der Waals surface area contributed by atoms with E-state index in [0.29, 0.717) is 0 Å². The van der Waals surface area contributed by atoms with Gasteiger partial charge < -0.3 is 0 Å². The van der Waals surface area contributed by atoms with Crippen molar-refractivity contribution in [2.45, 2.75) is 6.92 Å². The first-order valence-corrected chi connectivity index (χ1v) is 4.29. The summed E-state index contributed by atoms with van der Waals surface area (Å²) in [6.07, 6.45) is 3.69. The van der Waals surface area contributed by atoms with Crippen molar-refractivity contribution in [2.24, 2.45) is 0 Å². The Hall–Kier alpha value is -1.63. The highest BCUT2D eigenvalue weighted by atomic mass is 14.6. The van der Waals surface area contributed by atoms with Crippen LogP contribution in [0.3, 0.4) is 0 Å². The van der Waals surface area contributed by atoms with Gasteiger partial charge in [0.15, 0.2) is 0 Å². The Morgan fingerprint density at radius 2 is 2.15 bits per heavy atom. The monoisotopic (exact) mass is 169 g/mol. The molecule has 0 spiro atoms. The molecular formula is C12H11N. The summed E-state index contributed by atoms with van der Waals surface area (Å²) in [5.74, 6) is 0. The van der Waals surface area contributed by atoms with Gasteiger partial charge in [-0.1, -0.05) is 18.7 Å². The number of fused-ring (bicyclic) bond motifs is 1. The smallest absolute Gasteiger partial charge is 0.0705 e. The second kappa shape index (κ2) is 3.02. The Morgan fingerprint density at radius 3 is 2.92 bits per heavy atom. The summed E-state index contributed by atoms with van der Waals surface area (Å²) >= 11 is 0. The van der Waals surface area contributed by atoms with Crippen molar-refractivity contribution >= 4 is 17.0 Å². The van der Waals surface area contributed by atoms with E-state index in [1.54, 1.807) is 0 Å². The molecule has 2 aromatic rings. The molecule has 1 heterocycles. The molecule has 2 rings (SSSR count). The van der Waals surface area contributed by atoms with E-state index < -0.39 is 0 Å². The van der Waals surface area contributed by atoms with Gasteiger partial charge in [0.25, 0.3) is 0 Å². The van der Waals surface area contributed by atoms with Crippen molar-refractivity contribution < 1.29 is 0 Å². The van der Waals surface area contributed by atoms with Gasteiger partial charge in [0.05, 0.1) is 5.52 Å². The third kappa shape index (κ3) is 1.33. The first kappa shape index (κ1) is 7.99. The highest BCUT2D eigenvalue weighted by Crippen LogP contribution is 2.17. The van der Waals surface area contributed by atoms with Crippen molar-refractivity contribution in [3.8, 4) is 0 Å². The average Bonchev–Trinajstić information content (AvgIpc) is 2.18. The maximum Gasteiger partial charge on any atom is 0.0705 e. The van der Waals surface area contributed by atoms with Gasteiger partial charge in [-0.2, -0.15) is 0 Å². The number of benzene rings is 1. The van der Waals surface area contributed by atoms with E-state index >= 15 is 0 Å². The summed E-state index contributed by atoms with van der Waals surface area (Å²) in [4.78, 5) is 4.28. The minimum Gasteiger partial charge on any atom is -0.256 e. The quantitative estimate of drug-likeness (QED) is 0.638. The first-order chi connectivity index (χ1) is 6.31. The topological polar surface area (TPSA) is 12.9 Å². The number of pyridine rings is 1. The second-order valence-corrected chi connectivity index (χ2v) is 3.11. The number of aromatic nitrogens is 1. The predicted octanol–water partition coefficient (Wildman–Crippen LogP) is 3.19. The molecule has 13 heavy (non-hydrogen) atoms. The van der Waals surface area contributed by atoms with E-state index in [1.807, 2.05) is 30.5 Å². The second-order valence-electron chi connectivity index (χ2n) is 3.11. The Bertz CT molecular complexity index is 458. The van der Waals surface area contributed by atoms with E-state index in [2.05, 4.69) is 24.6 Å². The SMILES string of the molecule is C=Cc1ccc2nccc(C)c2c1. The Kier molecular flexibility index (Phi) is 1.85. The zero-order valence-electron chi connectivity index (χ0n) is 7.62. The minimum atomic E-state index is 1.05. The molecular weight excluding hydrogens is 158 g/mol. The van der Waals surface area contributed by atoms with Crippen LogP contribution in [0, 0.1) is 6.92 Å². The van der Waals surface area contributed by atoms with E-state index in [-0.39, 0.29) is 0 Å². The molecule has 0 aliphatic carbocycles. The number of hydrogen-bond acceptors (Lipinski definition) is 1. The van der Waals surface area contributed by atoms with Crippen LogP contribution in [-0.4, -0.2) is 4.98 Å². The van der Waals surface area contributed by atoms with E-state index in [9.17, 15) is 0 Å². The highest BCUT2D eigenvalue weighted by molar-refractivity contribution is 5.83. The fourth-order valence-electron chi connectivity index (χ4n) is 1.43. The van der Waals surface area contributed by atoms with Gasteiger partial charge in [0, 0.05) is 11.6 Å². The lowest BCUT2D eigenvalue weighted by Crippen LogP contribution is -1.82. The van der Waals surface area contributed by atoms with Crippen molar-refractivity contribution in [1.29, 1.82) is 0 Å². The summed E-state index contributed by atoms with van der Waals surface area (Å²) in [6, 6.07) is 8.20. The lowest BCUT2D eigenvalue weighted by molar-refractivity contribution is 1.37. The molecule has 0 saturated heterocycles. The summed E-state index contributed by atoms with van der Waals surface area (Å²) in [6.45, 7) is 5.84. The van der Waals surface area contributed by atoms with Gasteiger partial charge in [-0.3, -0.25) is 4.98 Å². The van der Waals surface area contributed by atoms with Crippen molar-refractivity contribution in [2.75, 3.05) is 0 Å². The van der Waals surface area contributed by atoms with Crippen LogP contribution in [0.4, 0.5) is 0 Å². The van der Waals surface area contributed by atoms with E-state index in [4.69, 9.17) is 0 Å². The zero-order chi connectivity index (χ0) is 9.26. The lowest BCUT2D eigenvalue weighted by Gasteiger charge is -2.01. The molecule has 0 atom stereocenters. The lowest BCUT2D eigenvalue weighted by atomic mass is 10.1. The van der Waals surface area contributed by atoms with Crippen LogP contribution < -0.4 is 0 Å². The maximum atomic E-state index is 4.28. The molecule has 64 valence electrons. The molecule has 1 heteroatoms. The highest BCUT2D eigenvalue weighted by Gasteiger charge is 1.97. The number of aryl methyl sites for hydroxylation is 1. The summed E-state index contributed by atoms with van der Waals surface area (Å²) in [5.41, 5.74) is 3.45. The van der Waals surface area contributed by atoms with Gasteiger partial charge in [-0.05, 0) is 36.2 Å². The Labute approximate surface area is 77.7 Å². The third-order valence-corrected chi connectivity index (χ3v) is 2.22. The summed E-state index contributed by atoms with van der Waals surface area (Å²) in [7, 11) is 0. The fraction of sp³-hybridized carbons (Fsp3) is 0.0833. The molecule has 1 aromatic carbocycles. The third-order valence-electron chi connectivity index (χ3n) is 2.22. The van der Waals surface area contributed by atoms with Crippen molar-refractivity contribution in [1.82, 2.24) is 4.98 Å². The van der Waals surface area contributed by atoms with E-state index in [0.717, 1.165) is 11.1 Å². The van der Waals surface area contributed by atoms with Crippen LogP contribution >= 0.6 is 0 Å². The summed E-state index contributed by atoms with van der Waals surface area (Å²) in [5, 5.41) is 1.21. The molecule has 0 bridgehead atoms. The standard InChI is InChI=1S/C12H11N/c1-3-10-4-5-12-11(8-10)9(2)6-7-13-12/h3-8H,1H2,2H3. The van der Waals surface area contributed by atoms with E-state index in [1.165, 1.54) is 10.9 Å². The molecule has 1 aromatic heterocycles. The largest absolute Gasteiger partial charge is 0.256 e. The number of hydrogen-bond donors (Lipinski definition) is 0. The van der Waals surface area contributed by atoms with Crippen molar-refractivity contribution in [3.63, 3.8) is 0 Å². The molecule has 0 saturated carbocycles. The van der Waals surface area contributed by atoms with Gasteiger partial charge in [0.2, 0.25) is 0 Å². The normalized spacial score (nSPS) is 10.2. The van der Waals surface area contributed by atoms with Crippen LogP contribution in [0.5, 0.6) is 0 Å². The van der Waals surface area contributed by atoms with Crippen LogP contribution in [0.25, 0.3) is 17.0 Å². The van der Waals surface area contributed by atoms with Gasteiger partial charge >= 0.3 is 0 Å². The Balaban J connectivity index is 2.81. The molecule has 0 aliphatic heterocycles. The number of rotatable bonds is 1. The van der Waals surface area contributed by atoms with Gasteiger partial charge in [-0.25, -0.2) is 0 Å². The predicted molar refractivity (Wildman–Crippen MR) is 56.6 cm³/mol. The van der Waals surface area contributed by atoms with Crippen LogP contribution in [0.2, 0.25) is 0 Å². The summed E-state index contributed by atoms with van der Waals surface area (Å²) < 4.78 is 0. The van der Waals surface area contributed by atoms with Crippen LogP contribution in [0.15, 0.2) is 37.0 Å². The van der Waals surface area contributed by atoms with Crippen LogP contribution in [0.1, 0.15) is 11.1 Å². The number of nitrogens with zero attached hydrogens (tertiary/aromatic N) is 1. The van der Waals surface area contributed by atoms with Gasteiger partial charge in [-0.15, -0.1) is 0 Å². The van der Waals surface area contributed by atoms with Crippen molar-refractivity contribution in [3.05, 3.63) is 48.2 Å². The molecule has 0 unspecified atom stereocenters. The fourth-order valence-corrected chi connectivity index (χ4v) is 1.43. The maximum absolute atomic E-state index is 4.28. The molecule has 0 aliphatic rings. The molecule has 0 amide bonds. The van der Waals surface area contributed by atoms with Crippen LogP contribution in [-0.2, 0) is 0 Å². The zero-order valence-corrected chi connectivity index (χ0v) is 7.62. The molecule has 0 radical (unpaired) electrons. The first-order valence-electron chi connectivity index (χ1n) is 4.29. The minimum absolute atomic E-state index is 1.05. The molecule has 0 N–H and O–H groups in total.